The number of nitrogen functional groups attached to an aromatic ring is 1. The summed E-state index contributed by atoms with van der Waals surface area (Å²) in [6.07, 6.45) is -4.44. The van der Waals surface area contributed by atoms with E-state index in [0.29, 0.717) is 17.0 Å². The number of fused-ring (bicyclic) bond motifs is 1. The van der Waals surface area contributed by atoms with Crippen LogP contribution < -0.4 is 5.73 Å². The van der Waals surface area contributed by atoms with Crippen LogP contribution in [0.3, 0.4) is 0 Å². The number of aromatic nitrogens is 4. The summed E-state index contributed by atoms with van der Waals surface area (Å²) in [6, 6.07) is 6.61. The monoisotopic (exact) mass is 293 g/mol. The zero-order valence-corrected chi connectivity index (χ0v) is 10.9. The van der Waals surface area contributed by atoms with Crippen LogP contribution in [0, 0.1) is 6.92 Å². The lowest BCUT2D eigenvalue weighted by atomic mass is 10.1. The van der Waals surface area contributed by atoms with Crippen molar-refractivity contribution in [2.24, 2.45) is 0 Å². The molecule has 3 aromatic rings. The van der Waals surface area contributed by atoms with Crippen LogP contribution in [0.5, 0.6) is 0 Å². The van der Waals surface area contributed by atoms with Gasteiger partial charge in [0.1, 0.15) is 0 Å². The van der Waals surface area contributed by atoms with E-state index in [0.717, 1.165) is 17.8 Å². The maximum Gasteiger partial charge on any atom is 0.416 e. The van der Waals surface area contributed by atoms with E-state index in [4.69, 9.17) is 5.73 Å². The highest BCUT2D eigenvalue weighted by atomic mass is 19.4. The van der Waals surface area contributed by atoms with Crippen molar-refractivity contribution in [1.82, 2.24) is 19.8 Å². The minimum atomic E-state index is -4.44. The molecule has 2 heterocycles. The lowest BCUT2D eigenvalue weighted by Gasteiger charge is -2.09. The molecule has 21 heavy (non-hydrogen) atoms. The Morgan fingerprint density at radius 2 is 1.86 bits per heavy atom. The van der Waals surface area contributed by atoms with Crippen molar-refractivity contribution in [2.45, 2.75) is 13.1 Å². The SMILES string of the molecule is Cc1ccc2nnc(-c3ccc(C(F)(F)F)cc3N)n2n1. The zero-order valence-electron chi connectivity index (χ0n) is 10.9. The summed E-state index contributed by atoms with van der Waals surface area (Å²) in [5.41, 5.74) is 6.48. The average Bonchev–Trinajstić information content (AvgIpc) is 2.80. The summed E-state index contributed by atoms with van der Waals surface area (Å²) in [6.45, 7) is 1.79. The van der Waals surface area contributed by atoms with E-state index in [1.54, 1.807) is 19.1 Å². The number of nitrogens with zero attached hydrogens (tertiary/aromatic N) is 4. The highest BCUT2D eigenvalue weighted by Gasteiger charge is 2.31. The molecule has 8 heteroatoms. The predicted octanol–water partition coefficient (Wildman–Crippen LogP) is 2.70. The van der Waals surface area contributed by atoms with Gasteiger partial charge in [0, 0.05) is 11.3 Å². The number of halogens is 3. The number of anilines is 1. The van der Waals surface area contributed by atoms with Crippen LogP contribution in [0.1, 0.15) is 11.3 Å². The summed E-state index contributed by atoms with van der Waals surface area (Å²) < 4.78 is 39.4. The van der Waals surface area contributed by atoms with E-state index < -0.39 is 11.7 Å². The highest BCUT2D eigenvalue weighted by molar-refractivity contribution is 5.73. The van der Waals surface area contributed by atoms with Gasteiger partial charge in [0.05, 0.1) is 11.3 Å². The quantitative estimate of drug-likeness (QED) is 0.700. The van der Waals surface area contributed by atoms with Crippen LogP contribution in [-0.4, -0.2) is 19.8 Å². The zero-order chi connectivity index (χ0) is 15.2. The Bertz CT molecular complexity index is 822. The van der Waals surface area contributed by atoms with Crippen molar-refractivity contribution in [2.75, 3.05) is 5.73 Å². The summed E-state index contributed by atoms with van der Waals surface area (Å²) >= 11 is 0. The first-order valence-electron chi connectivity index (χ1n) is 6.02. The molecule has 0 aliphatic rings. The Balaban J connectivity index is 2.17. The van der Waals surface area contributed by atoms with Gasteiger partial charge < -0.3 is 5.73 Å². The van der Waals surface area contributed by atoms with Gasteiger partial charge in [0.15, 0.2) is 11.5 Å². The molecule has 0 spiro atoms. The average molecular weight is 293 g/mol. The lowest BCUT2D eigenvalue weighted by molar-refractivity contribution is -0.137. The Morgan fingerprint density at radius 3 is 2.52 bits per heavy atom. The highest BCUT2D eigenvalue weighted by Crippen LogP contribution is 2.34. The molecule has 108 valence electrons. The summed E-state index contributed by atoms with van der Waals surface area (Å²) in [4.78, 5) is 0. The van der Waals surface area contributed by atoms with Crippen molar-refractivity contribution in [3.8, 4) is 11.4 Å². The minimum absolute atomic E-state index is 0.0255. The van der Waals surface area contributed by atoms with Crippen molar-refractivity contribution in [3.05, 3.63) is 41.6 Å². The van der Waals surface area contributed by atoms with Crippen LogP contribution >= 0.6 is 0 Å². The van der Waals surface area contributed by atoms with Crippen LogP contribution in [0.15, 0.2) is 30.3 Å². The van der Waals surface area contributed by atoms with Gasteiger partial charge in [-0.15, -0.1) is 10.2 Å². The predicted molar refractivity (Wildman–Crippen MR) is 70.4 cm³/mol. The molecule has 0 radical (unpaired) electrons. The van der Waals surface area contributed by atoms with Crippen LogP contribution in [0.25, 0.3) is 17.0 Å². The topological polar surface area (TPSA) is 69.1 Å². The molecule has 3 rings (SSSR count). The molecule has 2 aromatic heterocycles. The molecule has 0 saturated heterocycles. The largest absolute Gasteiger partial charge is 0.416 e. The van der Waals surface area contributed by atoms with E-state index in [9.17, 15) is 13.2 Å². The maximum absolute atomic E-state index is 12.6. The number of nitrogens with two attached hydrogens (primary N) is 1. The Labute approximate surface area is 117 Å². The number of hydrogen-bond donors (Lipinski definition) is 1. The van der Waals surface area contributed by atoms with Gasteiger partial charge in [-0.3, -0.25) is 0 Å². The molecule has 0 aliphatic heterocycles. The first-order chi connectivity index (χ1) is 9.86. The van der Waals surface area contributed by atoms with Gasteiger partial charge >= 0.3 is 6.18 Å². The third-order valence-corrected chi connectivity index (χ3v) is 3.02. The van der Waals surface area contributed by atoms with Crippen molar-refractivity contribution >= 4 is 11.3 Å². The fourth-order valence-electron chi connectivity index (χ4n) is 1.99. The van der Waals surface area contributed by atoms with E-state index in [1.165, 1.54) is 10.6 Å². The number of rotatable bonds is 1. The number of benzene rings is 1. The van der Waals surface area contributed by atoms with Gasteiger partial charge in [0.25, 0.3) is 0 Å². The molecule has 0 amide bonds. The number of alkyl halides is 3. The van der Waals surface area contributed by atoms with Crippen molar-refractivity contribution in [1.29, 1.82) is 0 Å². The number of hydrogen-bond acceptors (Lipinski definition) is 4. The molecule has 0 unspecified atom stereocenters. The van der Waals surface area contributed by atoms with Gasteiger partial charge in [-0.05, 0) is 37.3 Å². The van der Waals surface area contributed by atoms with Crippen LogP contribution in [0.4, 0.5) is 18.9 Å². The third kappa shape index (κ3) is 2.28. The van der Waals surface area contributed by atoms with Gasteiger partial charge in [0.2, 0.25) is 0 Å². The van der Waals surface area contributed by atoms with E-state index in [-0.39, 0.29) is 5.69 Å². The standard InChI is InChI=1S/C13H10F3N5/c1-7-2-5-11-18-19-12(21(11)20-7)9-4-3-8(6-10(9)17)13(14,15)16/h2-6H,17H2,1H3. The Kier molecular flexibility index (Phi) is 2.82. The molecule has 0 aliphatic carbocycles. The maximum atomic E-state index is 12.6. The fourth-order valence-corrected chi connectivity index (χ4v) is 1.99. The second kappa shape index (κ2) is 4.44. The summed E-state index contributed by atoms with van der Waals surface area (Å²) in [7, 11) is 0. The second-order valence-corrected chi connectivity index (χ2v) is 4.57. The molecule has 0 atom stereocenters. The molecule has 1 aromatic carbocycles. The van der Waals surface area contributed by atoms with Gasteiger partial charge in [-0.25, -0.2) is 0 Å². The van der Waals surface area contributed by atoms with Crippen LogP contribution in [-0.2, 0) is 6.18 Å². The van der Waals surface area contributed by atoms with Crippen molar-refractivity contribution in [3.63, 3.8) is 0 Å². The van der Waals surface area contributed by atoms with E-state index >= 15 is 0 Å². The number of aryl methyl sites for hydroxylation is 1. The lowest BCUT2D eigenvalue weighted by Crippen LogP contribution is -2.06. The van der Waals surface area contributed by atoms with Gasteiger partial charge in [-0.2, -0.15) is 22.8 Å². The Morgan fingerprint density at radius 1 is 1.10 bits per heavy atom. The molecule has 5 nitrogen and oxygen atoms in total. The van der Waals surface area contributed by atoms with E-state index in [1.807, 2.05) is 0 Å². The summed E-state index contributed by atoms with van der Waals surface area (Å²) in [5, 5.41) is 12.1. The first kappa shape index (κ1) is 13.3. The van der Waals surface area contributed by atoms with Crippen molar-refractivity contribution < 1.29 is 13.2 Å². The molecule has 0 bridgehead atoms. The minimum Gasteiger partial charge on any atom is -0.398 e. The Hall–Kier alpha value is -2.64. The third-order valence-electron chi connectivity index (χ3n) is 3.02. The molecule has 0 fully saturated rings. The molecular formula is C13H10F3N5. The first-order valence-corrected chi connectivity index (χ1v) is 6.02. The second-order valence-electron chi connectivity index (χ2n) is 4.57. The molecule has 0 saturated carbocycles. The molecule has 2 N–H and O–H groups in total. The fraction of sp³-hybridized carbons (Fsp3) is 0.154. The smallest absolute Gasteiger partial charge is 0.398 e. The van der Waals surface area contributed by atoms with E-state index in [2.05, 4.69) is 15.3 Å². The van der Waals surface area contributed by atoms with Gasteiger partial charge in [-0.1, -0.05) is 0 Å². The molecular weight excluding hydrogens is 283 g/mol. The normalized spacial score (nSPS) is 12.0. The summed E-state index contributed by atoms with van der Waals surface area (Å²) in [5.74, 6) is 0.305. The van der Waals surface area contributed by atoms with Crippen LogP contribution in [0.2, 0.25) is 0 Å².